The molecular formula is C16H26N2O5. The Labute approximate surface area is 136 Å². The number of carbonyl (C=O) groups excluding carboxylic acids is 2. The SMILES string of the molecule is CC(C)(C)CC(=O)NCC(=O)N1C[C@H]2COCC[C@@]2(C(=O)O)C1. The lowest BCUT2D eigenvalue weighted by atomic mass is 9.74. The molecule has 7 heteroatoms. The summed E-state index contributed by atoms with van der Waals surface area (Å²) in [6.45, 7) is 7.13. The maximum Gasteiger partial charge on any atom is 0.311 e. The van der Waals surface area contributed by atoms with Gasteiger partial charge in [0, 0.05) is 32.0 Å². The second kappa shape index (κ2) is 6.47. The lowest BCUT2D eigenvalue weighted by molar-refractivity contribution is -0.157. The first kappa shape index (κ1) is 17.7. The summed E-state index contributed by atoms with van der Waals surface area (Å²) in [5.41, 5.74) is -1.04. The van der Waals surface area contributed by atoms with E-state index in [2.05, 4.69) is 5.32 Å². The summed E-state index contributed by atoms with van der Waals surface area (Å²) in [7, 11) is 0. The van der Waals surface area contributed by atoms with Crippen LogP contribution < -0.4 is 5.32 Å². The van der Waals surface area contributed by atoms with Gasteiger partial charge < -0.3 is 20.1 Å². The number of rotatable bonds is 4. The summed E-state index contributed by atoms with van der Waals surface area (Å²) in [4.78, 5) is 37.3. The van der Waals surface area contributed by atoms with E-state index in [4.69, 9.17) is 4.74 Å². The van der Waals surface area contributed by atoms with Crippen LogP contribution in [0.1, 0.15) is 33.6 Å². The molecule has 0 spiro atoms. The van der Waals surface area contributed by atoms with Gasteiger partial charge in [-0.15, -0.1) is 0 Å². The average molecular weight is 326 g/mol. The average Bonchev–Trinajstić information content (AvgIpc) is 2.84. The summed E-state index contributed by atoms with van der Waals surface area (Å²) < 4.78 is 5.37. The second-order valence-corrected chi connectivity index (χ2v) is 7.77. The normalized spacial score (nSPS) is 27.4. The highest BCUT2D eigenvalue weighted by Gasteiger charge is 2.54. The van der Waals surface area contributed by atoms with E-state index in [0.717, 1.165) is 0 Å². The first-order valence-corrected chi connectivity index (χ1v) is 8.00. The van der Waals surface area contributed by atoms with Crippen LogP contribution in [0.4, 0.5) is 0 Å². The van der Waals surface area contributed by atoms with Gasteiger partial charge in [-0.1, -0.05) is 20.8 Å². The van der Waals surface area contributed by atoms with Gasteiger partial charge in [-0.05, 0) is 11.8 Å². The quantitative estimate of drug-likeness (QED) is 0.784. The number of aliphatic carboxylic acids is 1. The topological polar surface area (TPSA) is 95.9 Å². The minimum Gasteiger partial charge on any atom is -0.481 e. The van der Waals surface area contributed by atoms with Gasteiger partial charge in [0.05, 0.1) is 18.6 Å². The van der Waals surface area contributed by atoms with E-state index in [1.54, 1.807) is 4.90 Å². The molecule has 0 aromatic carbocycles. The first-order valence-electron chi connectivity index (χ1n) is 8.00. The zero-order valence-corrected chi connectivity index (χ0v) is 14.1. The van der Waals surface area contributed by atoms with E-state index in [0.29, 0.717) is 32.6 Å². The number of amides is 2. The number of nitrogens with one attached hydrogen (secondary N) is 1. The molecule has 2 fully saturated rings. The van der Waals surface area contributed by atoms with Crippen LogP contribution >= 0.6 is 0 Å². The molecule has 2 rings (SSSR count). The molecule has 0 saturated carbocycles. The molecule has 2 saturated heterocycles. The van der Waals surface area contributed by atoms with Gasteiger partial charge >= 0.3 is 5.97 Å². The van der Waals surface area contributed by atoms with E-state index in [-0.39, 0.29) is 36.2 Å². The van der Waals surface area contributed by atoms with E-state index >= 15 is 0 Å². The maximum atomic E-state index is 12.3. The van der Waals surface area contributed by atoms with E-state index in [1.807, 2.05) is 20.8 Å². The molecule has 2 N–H and O–H groups in total. The monoisotopic (exact) mass is 326 g/mol. The van der Waals surface area contributed by atoms with Crippen molar-refractivity contribution >= 4 is 17.8 Å². The highest BCUT2D eigenvalue weighted by atomic mass is 16.5. The zero-order chi connectivity index (χ0) is 17.3. The van der Waals surface area contributed by atoms with Crippen LogP contribution in [0.5, 0.6) is 0 Å². The van der Waals surface area contributed by atoms with Crippen molar-refractivity contribution in [2.75, 3.05) is 32.8 Å². The van der Waals surface area contributed by atoms with Crippen molar-refractivity contribution in [3.63, 3.8) is 0 Å². The molecule has 0 radical (unpaired) electrons. The lowest BCUT2D eigenvalue weighted by Gasteiger charge is -2.33. The molecule has 0 aliphatic carbocycles. The van der Waals surface area contributed by atoms with Crippen molar-refractivity contribution in [1.82, 2.24) is 10.2 Å². The van der Waals surface area contributed by atoms with Crippen molar-refractivity contribution < 1.29 is 24.2 Å². The number of carboxylic acid groups (broad SMARTS) is 1. The van der Waals surface area contributed by atoms with Gasteiger partial charge in [-0.25, -0.2) is 0 Å². The van der Waals surface area contributed by atoms with Crippen LogP contribution in [-0.2, 0) is 19.1 Å². The third-order valence-electron chi connectivity index (χ3n) is 4.61. The number of hydrogen-bond acceptors (Lipinski definition) is 4. The number of ether oxygens (including phenoxy) is 1. The zero-order valence-electron chi connectivity index (χ0n) is 14.1. The smallest absolute Gasteiger partial charge is 0.311 e. The number of nitrogens with zero attached hydrogens (tertiary/aromatic N) is 1. The van der Waals surface area contributed by atoms with Crippen LogP contribution in [0.25, 0.3) is 0 Å². The first-order chi connectivity index (χ1) is 10.6. The van der Waals surface area contributed by atoms with Crippen LogP contribution in [-0.4, -0.2) is 60.6 Å². The number of carboxylic acids is 1. The van der Waals surface area contributed by atoms with Crippen molar-refractivity contribution in [2.24, 2.45) is 16.7 Å². The Hall–Kier alpha value is -1.63. The fraction of sp³-hybridized carbons (Fsp3) is 0.812. The van der Waals surface area contributed by atoms with E-state index in [9.17, 15) is 19.5 Å². The third kappa shape index (κ3) is 4.02. The maximum absolute atomic E-state index is 12.3. The van der Waals surface area contributed by atoms with Crippen molar-refractivity contribution in [3.8, 4) is 0 Å². The molecule has 0 aromatic rings. The Morgan fingerprint density at radius 3 is 2.61 bits per heavy atom. The lowest BCUT2D eigenvalue weighted by Crippen LogP contribution is -2.45. The molecule has 2 heterocycles. The standard InChI is InChI=1S/C16H26N2O5/c1-15(2,3)6-12(19)17-7-13(20)18-8-11-9-23-5-4-16(11,10-18)14(21)22/h11H,4-10H2,1-3H3,(H,17,19)(H,21,22)/t11-,16+/m0/s1. The minimum atomic E-state index is -0.899. The molecule has 130 valence electrons. The molecule has 2 aliphatic heterocycles. The molecule has 0 aromatic heterocycles. The van der Waals surface area contributed by atoms with Crippen LogP contribution in [0.2, 0.25) is 0 Å². The molecule has 23 heavy (non-hydrogen) atoms. The Kier molecular flexibility index (Phi) is 4.98. The predicted octanol–water partition coefficient (Wildman–Crippen LogP) is 0.489. The Balaban J connectivity index is 1.91. The largest absolute Gasteiger partial charge is 0.481 e. The number of carbonyl (C=O) groups is 3. The summed E-state index contributed by atoms with van der Waals surface area (Å²) in [6, 6.07) is 0. The van der Waals surface area contributed by atoms with Crippen LogP contribution in [0.15, 0.2) is 0 Å². The van der Waals surface area contributed by atoms with Crippen LogP contribution in [0, 0.1) is 16.7 Å². The summed E-state index contributed by atoms with van der Waals surface area (Å²) in [5.74, 6) is -1.44. The van der Waals surface area contributed by atoms with Crippen LogP contribution in [0.3, 0.4) is 0 Å². The highest BCUT2D eigenvalue weighted by molar-refractivity contribution is 5.86. The Bertz CT molecular complexity index is 499. The fourth-order valence-corrected chi connectivity index (χ4v) is 3.32. The molecule has 0 unspecified atom stereocenters. The highest BCUT2D eigenvalue weighted by Crippen LogP contribution is 2.42. The number of likely N-dealkylation sites (tertiary alicyclic amines) is 1. The second-order valence-electron chi connectivity index (χ2n) is 7.77. The molecular weight excluding hydrogens is 300 g/mol. The summed E-state index contributed by atoms with van der Waals surface area (Å²) >= 11 is 0. The predicted molar refractivity (Wildman–Crippen MR) is 82.7 cm³/mol. The molecule has 2 amide bonds. The fourth-order valence-electron chi connectivity index (χ4n) is 3.32. The molecule has 2 aliphatic rings. The van der Waals surface area contributed by atoms with Gasteiger partial charge in [0.1, 0.15) is 0 Å². The van der Waals surface area contributed by atoms with Gasteiger partial charge in [-0.2, -0.15) is 0 Å². The number of fused-ring (bicyclic) bond motifs is 1. The Morgan fingerprint density at radius 1 is 1.35 bits per heavy atom. The summed E-state index contributed by atoms with van der Waals surface area (Å²) in [5, 5.41) is 12.2. The molecule has 7 nitrogen and oxygen atoms in total. The Morgan fingerprint density at radius 2 is 2.04 bits per heavy atom. The van der Waals surface area contributed by atoms with Crippen molar-refractivity contribution in [1.29, 1.82) is 0 Å². The van der Waals surface area contributed by atoms with E-state index in [1.165, 1.54) is 0 Å². The van der Waals surface area contributed by atoms with Gasteiger partial charge in [0.2, 0.25) is 11.8 Å². The molecule has 2 atom stereocenters. The number of hydrogen-bond donors (Lipinski definition) is 2. The van der Waals surface area contributed by atoms with Crippen molar-refractivity contribution in [2.45, 2.75) is 33.6 Å². The van der Waals surface area contributed by atoms with Gasteiger partial charge in [0.25, 0.3) is 0 Å². The summed E-state index contributed by atoms with van der Waals surface area (Å²) in [6.07, 6.45) is 0.767. The third-order valence-corrected chi connectivity index (χ3v) is 4.61. The van der Waals surface area contributed by atoms with Gasteiger partial charge in [0.15, 0.2) is 0 Å². The van der Waals surface area contributed by atoms with E-state index < -0.39 is 11.4 Å². The minimum absolute atomic E-state index is 0.0851. The van der Waals surface area contributed by atoms with Gasteiger partial charge in [-0.3, -0.25) is 14.4 Å². The molecule has 0 bridgehead atoms. The van der Waals surface area contributed by atoms with Crippen molar-refractivity contribution in [3.05, 3.63) is 0 Å².